The van der Waals surface area contributed by atoms with Crippen LogP contribution < -0.4 is 5.32 Å². The number of alkyl halides is 3. The quantitative estimate of drug-likeness (QED) is 0.780. The van der Waals surface area contributed by atoms with Crippen LogP contribution in [0.4, 0.5) is 13.2 Å². The Morgan fingerprint density at radius 1 is 1.53 bits per heavy atom. The van der Waals surface area contributed by atoms with E-state index in [9.17, 15) is 18.0 Å². The number of nitrogens with zero attached hydrogens (tertiary/aromatic N) is 1. The number of hydrogen-bond donors (Lipinski definition) is 1. The standard InChI is InChI=1S/C9H15F3N2O/c1-14(7-3-5-13-6-7)8(15)2-4-9(10,11)12/h7,13H,2-6H2,1H3. The molecule has 0 aromatic carbocycles. The maximum atomic E-state index is 11.9. The predicted molar refractivity (Wildman–Crippen MR) is 49.3 cm³/mol. The second kappa shape index (κ2) is 4.83. The molecule has 1 rings (SSSR count). The number of hydrogen-bond acceptors (Lipinski definition) is 2. The topological polar surface area (TPSA) is 32.3 Å². The van der Waals surface area contributed by atoms with Gasteiger partial charge in [-0.15, -0.1) is 0 Å². The van der Waals surface area contributed by atoms with Crippen LogP contribution in [0.1, 0.15) is 19.3 Å². The summed E-state index contributed by atoms with van der Waals surface area (Å²) in [5, 5.41) is 3.06. The minimum atomic E-state index is -4.25. The van der Waals surface area contributed by atoms with Gasteiger partial charge in [0.05, 0.1) is 6.42 Å². The largest absolute Gasteiger partial charge is 0.389 e. The molecule has 0 saturated carbocycles. The molecule has 0 spiro atoms. The van der Waals surface area contributed by atoms with E-state index in [1.54, 1.807) is 7.05 Å². The Labute approximate surface area is 86.6 Å². The van der Waals surface area contributed by atoms with E-state index in [4.69, 9.17) is 0 Å². The average Bonchev–Trinajstić information content (AvgIpc) is 2.64. The number of carbonyl (C=O) groups excluding carboxylic acids is 1. The second-order valence-electron chi connectivity index (χ2n) is 3.77. The molecular weight excluding hydrogens is 209 g/mol. The molecule has 0 aromatic rings. The van der Waals surface area contributed by atoms with E-state index in [2.05, 4.69) is 5.32 Å². The first-order valence-electron chi connectivity index (χ1n) is 4.93. The van der Waals surface area contributed by atoms with Crippen molar-refractivity contribution in [1.29, 1.82) is 0 Å². The number of likely N-dealkylation sites (N-methyl/N-ethyl adjacent to an activating group) is 1. The van der Waals surface area contributed by atoms with Crippen molar-refractivity contribution in [2.24, 2.45) is 0 Å². The summed E-state index contributed by atoms with van der Waals surface area (Å²) in [6.45, 7) is 1.50. The molecule has 88 valence electrons. The van der Waals surface area contributed by atoms with Gasteiger partial charge in [-0.2, -0.15) is 13.2 Å². The van der Waals surface area contributed by atoms with Crippen LogP contribution in [0.15, 0.2) is 0 Å². The molecule has 15 heavy (non-hydrogen) atoms. The third kappa shape index (κ3) is 4.07. The Morgan fingerprint density at radius 3 is 2.67 bits per heavy atom. The van der Waals surface area contributed by atoms with Crippen LogP contribution in [0.5, 0.6) is 0 Å². The second-order valence-corrected chi connectivity index (χ2v) is 3.77. The fraction of sp³-hybridized carbons (Fsp3) is 0.889. The maximum Gasteiger partial charge on any atom is 0.389 e. The molecule has 1 aliphatic heterocycles. The van der Waals surface area contributed by atoms with E-state index in [-0.39, 0.29) is 6.04 Å². The van der Waals surface area contributed by atoms with Gasteiger partial charge in [-0.1, -0.05) is 0 Å². The molecule has 1 heterocycles. The van der Waals surface area contributed by atoms with Crippen molar-refractivity contribution < 1.29 is 18.0 Å². The van der Waals surface area contributed by atoms with Crippen LogP contribution in [0.3, 0.4) is 0 Å². The summed E-state index contributed by atoms with van der Waals surface area (Å²) in [6.07, 6.45) is -4.91. The molecule has 6 heteroatoms. The molecule has 1 amide bonds. The van der Waals surface area contributed by atoms with Crippen molar-refractivity contribution in [2.45, 2.75) is 31.5 Å². The Morgan fingerprint density at radius 2 is 2.20 bits per heavy atom. The van der Waals surface area contributed by atoms with Crippen molar-refractivity contribution in [1.82, 2.24) is 10.2 Å². The zero-order chi connectivity index (χ0) is 11.5. The molecule has 0 aliphatic carbocycles. The molecule has 0 radical (unpaired) electrons. The van der Waals surface area contributed by atoms with Crippen molar-refractivity contribution in [3.8, 4) is 0 Å². The van der Waals surface area contributed by atoms with Gasteiger partial charge in [0.15, 0.2) is 0 Å². The summed E-state index contributed by atoms with van der Waals surface area (Å²) in [7, 11) is 1.57. The number of carbonyl (C=O) groups is 1. The fourth-order valence-electron chi connectivity index (χ4n) is 1.60. The molecule has 3 nitrogen and oxygen atoms in total. The highest BCUT2D eigenvalue weighted by Crippen LogP contribution is 2.22. The molecule has 1 N–H and O–H groups in total. The summed E-state index contributed by atoms with van der Waals surface area (Å²) in [5.41, 5.74) is 0. The van der Waals surface area contributed by atoms with Gasteiger partial charge in [-0.05, 0) is 13.0 Å². The Hall–Kier alpha value is -0.780. The predicted octanol–water partition coefficient (Wildman–Crippen LogP) is 1.15. The zero-order valence-corrected chi connectivity index (χ0v) is 8.60. The summed E-state index contributed by atoms with van der Waals surface area (Å²) in [6, 6.07) is 0.0470. The third-order valence-corrected chi connectivity index (χ3v) is 2.60. The van der Waals surface area contributed by atoms with Gasteiger partial charge in [-0.3, -0.25) is 4.79 Å². The molecule has 1 aliphatic rings. The molecule has 0 aromatic heterocycles. The normalized spacial score (nSPS) is 21.7. The summed E-state index contributed by atoms with van der Waals surface area (Å²) in [4.78, 5) is 12.8. The molecule has 1 unspecified atom stereocenters. The van der Waals surface area contributed by atoms with Crippen molar-refractivity contribution in [3.05, 3.63) is 0 Å². The first-order valence-corrected chi connectivity index (χ1v) is 4.93. The van der Waals surface area contributed by atoms with Crippen LogP contribution in [-0.4, -0.2) is 43.2 Å². The Balaban J connectivity index is 2.32. The minimum absolute atomic E-state index is 0.0470. The monoisotopic (exact) mass is 224 g/mol. The van der Waals surface area contributed by atoms with Gasteiger partial charge in [-0.25, -0.2) is 0 Å². The lowest BCUT2D eigenvalue weighted by Crippen LogP contribution is -2.38. The highest BCUT2D eigenvalue weighted by molar-refractivity contribution is 5.76. The van der Waals surface area contributed by atoms with E-state index in [1.807, 2.05) is 0 Å². The number of nitrogens with one attached hydrogen (secondary N) is 1. The van der Waals surface area contributed by atoms with Gasteiger partial charge in [0, 0.05) is 26.1 Å². The maximum absolute atomic E-state index is 11.9. The molecule has 1 atom stereocenters. The molecule has 1 fully saturated rings. The van der Waals surface area contributed by atoms with E-state index >= 15 is 0 Å². The average molecular weight is 224 g/mol. The molecule has 1 saturated heterocycles. The SMILES string of the molecule is CN(C(=O)CCC(F)(F)F)C1CCNC1. The third-order valence-electron chi connectivity index (χ3n) is 2.60. The van der Waals surface area contributed by atoms with Crippen molar-refractivity contribution in [2.75, 3.05) is 20.1 Å². The lowest BCUT2D eigenvalue weighted by molar-refractivity contribution is -0.149. The lowest BCUT2D eigenvalue weighted by Gasteiger charge is -2.23. The number of halogens is 3. The van der Waals surface area contributed by atoms with Crippen LogP contribution >= 0.6 is 0 Å². The van der Waals surface area contributed by atoms with Crippen LogP contribution in [0, 0.1) is 0 Å². The van der Waals surface area contributed by atoms with Crippen molar-refractivity contribution >= 4 is 5.91 Å². The van der Waals surface area contributed by atoms with E-state index in [1.165, 1.54) is 4.90 Å². The van der Waals surface area contributed by atoms with E-state index in [0.29, 0.717) is 6.54 Å². The zero-order valence-electron chi connectivity index (χ0n) is 8.60. The van der Waals surface area contributed by atoms with E-state index in [0.717, 1.165) is 13.0 Å². The van der Waals surface area contributed by atoms with Crippen LogP contribution in [0.2, 0.25) is 0 Å². The minimum Gasteiger partial charge on any atom is -0.341 e. The van der Waals surface area contributed by atoms with Gasteiger partial charge >= 0.3 is 6.18 Å². The highest BCUT2D eigenvalue weighted by Gasteiger charge is 2.30. The van der Waals surface area contributed by atoms with Gasteiger partial charge in [0.25, 0.3) is 0 Å². The summed E-state index contributed by atoms with van der Waals surface area (Å²) in [5.74, 6) is -0.430. The van der Waals surface area contributed by atoms with Gasteiger partial charge in [0.1, 0.15) is 0 Å². The smallest absolute Gasteiger partial charge is 0.341 e. The lowest BCUT2D eigenvalue weighted by atomic mass is 10.2. The van der Waals surface area contributed by atoms with Crippen LogP contribution in [-0.2, 0) is 4.79 Å². The van der Waals surface area contributed by atoms with Crippen LogP contribution in [0.25, 0.3) is 0 Å². The highest BCUT2D eigenvalue weighted by atomic mass is 19.4. The van der Waals surface area contributed by atoms with Gasteiger partial charge < -0.3 is 10.2 Å². The Kier molecular flexibility index (Phi) is 3.96. The van der Waals surface area contributed by atoms with E-state index < -0.39 is 24.9 Å². The van der Waals surface area contributed by atoms with Crippen molar-refractivity contribution in [3.63, 3.8) is 0 Å². The molecule has 0 bridgehead atoms. The summed E-state index contributed by atoms with van der Waals surface area (Å²) >= 11 is 0. The first-order chi connectivity index (χ1) is 6.90. The fourth-order valence-corrected chi connectivity index (χ4v) is 1.60. The first kappa shape index (κ1) is 12.3. The summed E-state index contributed by atoms with van der Waals surface area (Å²) < 4.78 is 35.6. The molecular formula is C9H15F3N2O. The number of rotatable bonds is 3. The Bertz CT molecular complexity index is 224. The van der Waals surface area contributed by atoms with Gasteiger partial charge in [0.2, 0.25) is 5.91 Å². The number of amides is 1.